The van der Waals surface area contributed by atoms with Gasteiger partial charge in [-0.3, -0.25) is 4.79 Å². The van der Waals surface area contributed by atoms with Crippen LogP contribution in [-0.2, 0) is 5.41 Å². The molecule has 0 saturated heterocycles. The highest BCUT2D eigenvalue weighted by Crippen LogP contribution is 2.28. The highest BCUT2D eigenvalue weighted by molar-refractivity contribution is 6.89. The van der Waals surface area contributed by atoms with Gasteiger partial charge in [-0.1, -0.05) is 46.5 Å². The van der Waals surface area contributed by atoms with Crippen molar-refractivity contribution in [3.8, 4) is 5.75 Å². The molecule has 0 saturated carbocycles. The molecule has 0 radical (unpaired) electrons. The molecule has 2 nitrogen and oxygen atoms in total. The summed E-state index contributed by atoms with van der Waals surface area (Å²) in [5.74, 6) is 0.0812. The van der Waals surface area contributed by atoms with Crippen molar-refractivity contribution in [1.29, 1.82) is 0 Å². The van der Waals surface area contributed by atoms with E-state index in [1.807, 2.05) is 0 Å². The van der Waals surface area contributed by atoms with E-state index in [0.717, 1.165) is 10.8 Å². The average Bonchev–Trinajstić information content (AvgIpc) is 2.12. The molecule has 100 valence electrons. The van der Waals surface area contributed by atoms with Crippen molar-refractivity contribution in [2.24, 2.45) is 0 Å². The van der Waals surface area contributed by atoms with Crippen LogP contribution in [0.25, 0.3) is 0 Å². The fraction of sp³-hybridized carbons (Fsp3) is 0.533. The minimum absolute atomic E-state index is 0.0266. The van der Waals surface area contributed by atoms with Crippen LogP contribution in [0.15, 0.2) is 12.1 Å². The Morgan fingerprint density at radius 3 is 2.00 bits per heavy atom. The minimum atomic E-state index is -1.66. The van der Waals surface area contributed by atoms with E-state index >= 15 is 0 Å². The molecule has 0 amide bonds. The zero-order chi connectivity index (χ0) is 14.3. The second kappa shape index (κ2) is 4.54. The molecule has 1 N–H and O–H groups in total. The molecule has 0 aliphatic heterocycles. The van der Waals surface area contributed by atoms with Gasteiger partial charge in [-0.25, -0.2) is 0 Å². The molecule has 3 heteroatoms. The summed E-state index contributed by atoms with van der Waals surface area (Å²) in [6.07, 6.45) is 0. The van der Waals surface area contributed by atoms with Crippen LogP contribution < -0.4 is 5.19 Å². The number of rotatable bonds is 2. The quantitative estimate of drug-likeness (QED) is 0.656. The van der Waals surface area contributed by atoms with E-state index in [9.17, 15) is 9.90 Å². The summed E-state index contributed by atoms with van der Waals surface area (Å²) in [5, 5.41) is 11.2. The van der Waals surface area contributed by atoms with Gasteiger partial charge in [0.2, 0.25) is 0 Å². The lowest BCUT2D eigenvalue weighted by Gasteiger charge is -2.26. The largest absolute Gasteiger partial charge is 0.507 e. The molecule has 0 heterocycles. The number of phenols is 1. The van der Waals surface area contributed by atoms with Crippen LogP contribution in [0.2, 0.25) is 19.6 Å². The second-order valence-electron chi connectivity index (χ2n) is 6.97. The molecule has 1 aromatic rings. The van der Waals surface area contributed by atoms with Gasteiger partial charge in [0, 0.05) is 0 Å². The molecule has 18 heavy (non-hydrogen) atoms. The molecular formula is C15H24O2Si. The number of phenolic OH excluding ortho intramolecular Hbond substituents is 1. The Balaban J connectivity index is 3.64. The van der Waals surface area contributed by atoms with E-state index in [4.69, 9.17) is 0 Å². The van der Waals surface area contributed by atoms with Crippen LogP contribution in [0.3, 0.4) is 0 Å². The second-order valence-corrected chi connectivity index (χ2v) is 12.0. The van der Waals surface area contributed by atoms with Gasteiger partial charge in [0.1, 0.15) is 5.75 Å². The standard InChI is InChI=1S/C15H24O2Si/c1-10(16)14-12(17)8-11(15(2,3)4)9-13(14)18(5,6)7/h8-9,17H,1-7H3. The molecule has 0 bridgehead atoms. The fourth-order valence-corrected chi connectivity index (χ4v) is 3.66. The summed E-state index contributed by atoms with van der Waals surface area (Å²) in [5.41, 5.74) is 1.57. The van der Waals surface area contributed by atoms with E-state index in [2.05, 4.69) is 46.5 Å². The van der Waals surface area contributed by atoms with Gasteiger partial charge < -0.3 is 5.11 Å². The van der Waals surface area contributed by atoms with Gasteiger partial charge in [-0.05, 0) is 29.2 Å². The van der Waals surface area contributed by atoms with Gasteiger partial charge in [0.25, 0.3) is 0 Å². The van der Waals surface area contributed by atoms with Crippen LogP contribution in [0.4, 0.5) is 0 Å². The first kappa shape index (κ1) is 15.0. The van der Waals surface area contributed by atoms with Crippen LogP contribution >= 0.6 is 0 Å². The van der Waals surface area contributed by atoms with Gasteiger partial charge >= 0.3 is 0 Å². The third-order valence-electron chi connectivity index (χ3n) is 3.14. The predicted molar refractivity (Wildman–Crippen MR) is 79.8 cm³/mol. The average molecular weight is 264 g/mol. The Hall–Kier alpha value is -1.09. The maximum absolute atomic E-state index is 11.8. The summed E-state index contributed by atoms with van der Waals surface area (Å²) in [6.45, 7) is 14.5. The smallest absolute Gasteiger partial charge is 0.163 e. The Kier molecular flexibility index (Phi) is 3.77. The van der Waals surface area contributed by atoms with Crippen LogP contribution in [0, 0.1) is 0 Å². The summed E-state index contributed by atoms with van der Waals surface area (Å²) in [6, 6.07) is 3.85. The normalized spacial score (nSPS) is 12.6. The number of hydrogen-bond acceptors (Lipinski definition) is 2. The van der Waals surface area contributed by atoms with Gasteiger partial charge in [-0.2, -0.15) is 0 Å². The van der Waals surface area contributed by atoms with Crippen molar-refractivity contribution in [3.63, 3.8) is 0 Å². The first-order chi connectivity index (χ1) is 7.94. The van der Waals surface area contributed by atoms with Crippen molar-refractivity contribution in [2.45, 2.75) is 52.8 Å². The fourth-order valence-electron chi connectivity index (χ4n) is 2.02. The number of carbonyl (C=O) groups is 1. The van der Waals surface area contributed by atoms with Crippen molar-refractivity contribution >= 4 is 19.0 Å². The van der Waals surface area contributed by atoms with Crippen LogP contribution in [0.5, 0.6) is 5.75 Å². The van der Waals surface area contributed by atoms with E-state index < -0.39 is 8.07 Å². The summed E-state index contributed by atoms with van der Waals surface area (Å²) in [7, 11) is -1.66. The molecule has 0 atom stereocenters. The van der Waals surface area contributed by atoms with Crippen LogP contribution in [0.1, 0.15) is 43.6 Å². The van der Waals surface area contributed by atoms with Crippen molar-refractivity contribution in [1.82, 2.24) is 0 Å². The summed E-state index contributed by atoms with van der Waals surface area (Å²) >= 11 is 0. The lowest BCUT2D eigenvalue weighted by atomic mass is 9.86. The van der Waals surface area contributed by atoms with Crippen molar-refractivity contribution in [2.75, 3.05) is 0 Å². The van der Waals surface area contributed by atoms with Crippen LogP contribution in [-0.4, -0.2) is 19.0 Å². The van der Waals surface area contributed by atoms with Crippen molar-refractivity contribution < 1.29 is 9.90 Å². The molecule has 0 aromatic heterocycles. The number of Topliss-reactive ketones (excluding diaryl/α,β-unsaturated/α-hetero) is 1. The molecule has 0 fully saturated rings. The van der Waals surface area contributed by atoms with Gasteiger partial charge in [0.05, 0.1) is 13.6 Å². The molecule has 0 unspecified atom stereocenters. The number of aromatic hydroxyl groups is 1. The highest BCUT2D eigenvalue weighted by atomic mass is 28.3. The summed E-state index contributed by atoms with van der Waals surface area (Å²) < 4.78 is 0. The number of carbonyl (C=O) groups excluding carboxylic acids is 1. The number of benzene rings is 1. The molecule has 0 aliphatic rings. The third-order valence-corrected chi connectivity index (χ3v) is 5.15. The maximum Gasteiger partial charge on any atom is 0.163 e. The Morgan fingerprint density at radius 1 is 1.17 bits per heavy atom. The highest BCUT2D eigenvalue weighted by Gasteiger charge is 2.27. The van der Waals surface area contributed by atoms with Gasteiger partial charge in [-0.15, -0.1) is 0 Å². The number of ketones is 1. The van der Waals surface area contributed by atoms with E-state index in [1.165, 1.54) is 6.92 Å². The first-order valence-electron chi connectivity index (χ1n) is 6.33. The molecule has 0 aliphatic carbocycles. The van der Waals surface area contributed by atoms with E-state index in [-0.39, 0.29) is 16.9 Å². The zero-order valence-corrected chi connectivity index (χ0v) is 13.5. The molecule has 1 rings (SSSR count). The number of hydrogen-bond donors (Lipinski definition) is 1. The lowest BCUT2D eigenvalue weighted by Crippen LogP contribution is -2.42. The molecular weight excluding hydrogens is 240 g/mol. The Labute approximate surface area is 111 Å². The van der Waals surface area contributed by atoms with E-state index in [1.54, 1.807) is 6.07 Å². The SMILES string of the molecule is CC(=O)c1c(O)cc(C(C)(C)C)cc1[Si](C)(C)C. The van der Waals surface area contributed by atoms with Gasteiger partial charge in [0.15, 0.2) is 5.78 Å². The topological polar surface area (TPSA) is 37.3 Å². The molecule has 1 aromatic carbocycles. The maximum atomic E-state index is 11.8. The predicted octanol–water partition coefficient (Wildman–Crippen LogP) is 3.44. The summed E-state index contributed by atoms with van der Waals surface area (Å²) in [4.78, 5) is 11.8. The first-order valence-corrected chi connectivity index (χ1v) is 9.83. The van der Waals surface area contributed by atoms with E-state index in [0.29, 0.717) is 5.56 Å². The Bertz CT molecular complexity index is 476. The molecule has 0 spiro atoms. The lowest BCUT2D eigenvalue weighted by molar-refractivity contribution is 0.101. The monoisotopic (exact) mass is 264 g/mol. The third kappa shape index (κ3) is 3.02. The minimum Gasteiger partial charge on any atom is -0.507 e. The zero-order valence-electron chi connectivity index (χ0n) is 12.5. The van der Waals surface area contributed by atoms with Crippen molar-refractivity contribution in [3.05, 3.63) is 23.3 Å². The Morgan fingerprint density at radius 2 is 1.67 bits per heavy atom.